The van der Waals surface area contributed by atoms with Crippen LogP contribution in [0.25, 0.3) is 22.7 Å². The van der Waals surface area contributed by atoms with E-state index in [4.69, 9.17) is 11.6 Å². The van der Waals surface area contributed by atoms with Gasteiger partial charge in [-0.05, 0) is 48.5 Å². The third-order valence-electron chi connectivity index (χ3n) is 3.68. The molecule has 0 amide bonds. The van der Waals surface area contributed by atoms with Crippen molar-refractivity contribution < 1.29 is 4.39 Å². The molecule has 0 spiro atoms. The Balaban J connectivity index is 1.88. The summed E-state index contributed by atoms with van der Waals surface area (Å²) < 4.78 is 16.1. The van der Waals surface area contributed by atoms with Crippen LogP contribution in [0.2, 0.25) is 5.02 Å². The summed E-state index contributed by atoms with van der Waals surface area (Å²) in [5.74, 6) is 0.186. The smallest absolute Gasteiger partial charge is 0.280 e. The van der Waals surface area contributed by atoms with E-state index in [1.54, 1.807) is 28.9 Å². The van der Waals surface area contributed by atoms with Crippen LogP contribution >= 0.6 is 11.6 Å². The van der Waals surface area contributed by atoms with E-state index in [2.05, 4.69) is 10.2 Å². The van der Waals surface area contributed by atoms with Crippen LogP contribution in [0.5, 0.6) is 0 Å². The second kappa shape index (κ2) is 5.58. The van der Waals surface area contributed by atoms with E-state index in [9.17, 15) is 9.18 Å². The zero-order valence-corrected chi connectivity index (χ0v) is 13.0. The third-order valence-corrected chi connectivity index (χ3v) is 3.93. The summed E-state index contributed by atoms with van der Waals surface area (Å²) in [6.07, 6.45) is 3.30. The van der Waals surface area contributed by atoms with Gasteiger partial charge in [0.05, 0.1) is 0 Å². The summed E-state index contributed by atoms with van der Waals surface area (Å²) in [5.41, 5.74) is 1.20. The highest BCUT2D eigenvalue weighted by Gasteiger charge is 2.13. The fourth-order valence-electron chi connectivity index (χ4n) is 2.49. The number of aromatic nitrogens is 4. The number of nitrogens with zero attached hydrogens (tertiary/aromatic N) is 4. The Kier molecular flexibility index (Phi) is 3.39. The molecular formula is C17H10ClFN4O. The first-order chi connectivity index (χ1) is 11.6. The molecule has 0 radical (unpaired) electrons. The van der Waals surface area contributed by atoms with Crippen molar-refractivity contribution in [3.05, 3.63) is 82.1 Å². The number of benzene rings is 2. The molecule has 0 saturated carbocycles. The predicted octanol–water partition coefficient (Wildman–Crippen LogP) is 3.34. The van der Waals surface area contributed by atoms with Crippen LogP contribution in [0.1, 0.15) is 0 Å². The monoisotopic (exact) mass is 340 g/mol. The number of hydrogen-bond donors (Lipinski definition) is 0. The molecule has 4 rings (SSSR count). The third kappa shape index (κ3) is 2.37. The Bertz CT molecular complexity index is 1080. The fourth-order valence-corrected chi connectivity index (χ4v) is 2.61. The lowest BCUT2D eigenvalue weighted by Gasteiger charge is -2.06. The van der Waals surface area contributed by atoms with Gasteiger partial charge in [-0.15, -0.1) is 10.2 Å². The van der Waals surface area contributed by atoms with E-state index in [0.717, 1.165) is 5.56 Å². The molecule has 0 aliphatic heterocycles. The Morgan fingerprint density at radius 2 is 1.62 bits per heavy atom. The van der Waals surface area contributed by atoms with Crippen LogP contribution in [0, 0.1) is 5.82 Å². The first kappa shape index (κ1) is 14.6. The van der Waals surface area contributed by atoms with Gasteiger partial charge in [0.1, 0.15) is 5.82 Å². The molecule has 0 aliphatic carbocycles. The fraction of sp³-hybridized carbons (Fsp3) is 0. The molecule has 118 valence electrons. The van der Waals surface area contributed by atoms with E-state index in [1.807, 2.05) is 12.1 Å². The Morgan fingerprint density at radius 3 is 2.33 bits per heavy atom. The second-order valence-electron chi connectivity index (χ2n) is 5.17. The van der Waals surface area contributed by atoms with Crippen LogP contribution in [0.15, 0.2) is 65.7 Å². The Labute approximate surface area is 140 Å². The summed E-state index contributed by atoms with van der Waals surface area (Å²) >= 11 is 5.89. The minimum Gasteiger partial charge on any atom is -0.280 e. The second-order valence-corrected chi connectivity index (χ2v) is 5.61. The van der Waals surface area contributed by atoms with Gasteiger partial charge in [0.2, 0.25) is 5.65 Å². The minimum absolute atomic E-state index is 0.187. The molecule has 0 aliphatic rings. The molecule has 2 aromatic carbocycles. The van der Waals surface area contributed by atoms with Crippen LogP contribution < -0.4 is 5.56 Å². The highest BCUT2D eigenvalue weighted by atomic mass is 35.5. The zero-order valence-electron chi connectivity index (χ0n) is 12.2. The van der Waals surface area contributed by atoms with Crippen LogP contribution in [0.4, 0.5) is 4.39 Å². The lowest BCUT2D eigenvalue weighted by atomic mass is 10.2. The number of halogens is 2. The van der Waals surface area contributed by atoms with Gasteiger partial charge in [0.25, 0.3) is 0 Å². The molecule has 0 N–H and O–H groups in total. The quantitative estimate of drug-likeness (QED) is 0.562. The molecule has 0 bridgehead atoms. The van der Waals surface area contributed by atoms with Crippen molar-refractivity contribution in [2.45, 2.75) is 0 Å². The van der Waals surface area contributed by atoms with Gasteiger partial charge in [0.15, 0.2) is 5.82 Å². The maximum absolute atomic E-state index is 13.1. The number of fused-ring (bicyclic) bond motifs is 1. The van der Waals surface area contributed by atoms with E-state index in [0.29, 0.717) is 16.5 Å². The maximum atomic E-state index is 13.1. The number of hydrogen-bond acceptors (Lipinski definition) is 3. The average molecular weight is 341 g/mol. The molecule has 4 aromatic rings. The van der Waals surface area contributed by atoms with Gasteiger partial charge in [-0.25, -0.2) is 4.39 Å². The highest BCUT2D eigenvalue weighted by molar-refractivity contribution is 6.30. The molecule has 0 fully saturated rings. The number of rotatable bonds is 2. The maximum Gasteiger partial charge on any atom is 0.300 e. The molecule has 0 unspecified atom stereocenters. The van der Waals surface area contributed by atoms with Crippen molar-refractivity contribution in [3.8, 4) is 17.1 Å². The molecule has 5 nitrogen and oxygen atoms in total. The van der Waals surface area contributed by atoms with Gasteiger partial charge in [-0.1, -0.05) is 11.6 Å². The van der Waals surface area contributed by atoms with Crippen molar-refractivity contribution in [2.75, 3.05) is 0 Å². The van der Waals surface area contributed by atoms with Gasteiger partial charge in [-0.3, -0.25) is 13.8 Å². The SMILES string of the molecule is O=c1c2nnc(-c3ccc(Cl)cc3)n2ccn1-c1ccc(F)cc1. The van der Waals surface area contributed by atoms with Crippen molar-refractivity contribution >= 4 is 17.2 Å². The van der Waals surface area contributed by atoms with Crippen LogP contribution in [-0.4, -0.2) is 19.2 Å². The van der Waals surface area contributed by atoms with E-state index in [1.165, 1.54) is 28.8 Å². The van der Waals surface area contributed by atoms with Gasteiger partial charge < -0.3 is 0 Å². The lowest BCUT2D eigenvalue weighted by Crippen LogP contribution is -2.20. The van der Waals surface area contributed by atoms with Crippen molar-refractivity contribution in [3.63, 3.8) is 0 Å². The van der Waals surface area contributed by atoms with Crippen LogP contribution in [0.3, 0.4) is 0 Å². The van der Waals surface area contributed by atoms with E-state index in [-0.39, 0.29) is 17.0 Å². The summed E-state index contributed by atoms with van der Waals surface area (Å²) in [5, 5.41) is 8.71. The van der Waals surface area contributed by atoms with Crippen molar-refractivity contribution in [1.82, 2.24) is 19.2 Å². The molecule has 7 heteroatoms. The summed E-state index contributed by atoms with van der Waals surface area (Å²) in [6, 6.07) is 12.8. The summed E-state index contributed by atoms with van der Waals surface area (Å²) in [6.45, 7) is 0. The molecule has 24 heavy (non-hydrogen) atoms. The van der Waals surface area contributed by atoms with Gasteiger partial charge >= 0.3 is 5.56 Å². The topological polar surface area (TPSA) is 52.2 Å². The van der Waals surface area contributed by atoms with E-state index >= 15 is 0 Å². The van der Waals surface area contributed by atoms with Crippen molar-refractivity contribution in [1.29, 1.82) is 0 Å². The average Bonchev–Trinajstić information content (AvgIpc) is 3.02. The standard InChI is InChI=1S/C17H10ClFN4O/c18-12-3-1-11(2-4-12)15-20-21-16-17(24)22(9-10-23(15)16)14-7-5-13(19)6-8-14/h1-10H. The first-order valence-corrected chi connectivity index (χ1v) is 7.49. The summed E-state index contributed by atoms with van der Waals surface area (Å²) in [4.78, 5) is 12.6. The largest absolute Gasteiger partial charge is 0.300 e. The van der Waals surface area contributed by atoms with Gasteiger partial charge in [-0.2, -0.15) is 0 Å². The zero-order chi connectivity index (χ0) is 16.7. The minimum atomic E-state index is -0.361. The van der Waals surface area contributed by atoms with Gasteiger partial charge in [0, 0.05) is 28.7 Å². The summed E-state index contributed by atoms with van der Waals surface area (Å²) in [7, 11) is 0. The molecular weight excluding hydrogens is 331 g/mol. The first-order valence-electron chi connectivity index (χ1n) is 7.12. The normalized spacial score (nSPS) is 11.1. The highest BCUT2D eigenvalue weighted by Crippen LogP contribution is 2.20. The molecule has 0 atom stereocenters. The molecule has 0 saturated heterocycles. The molecule has 2 heterocycles. The van der Waals surface area contributed by atoms with Crippen LogP contribution in [-0.2, 0) is 0 Å². The Morgan fingerprint density at radius 1 is 0.917 bits per heavy atom. The van der Waals surface area contributed by atoms with Crippen molar-refractivity contribution in [2.24, 2.45) is 0 Å². The van der Waals surface area contributed by atoms with E-state index < -0.39 is 0 Å². The lowest BCUT2D eigenvalue weighted by molar-refractivity contribution is 0.627. The Hall–Kier alpha value is -2.99. The predicted molar refractivity (Wildman–Crippen MR) is 89.0 cm³/mol. The molecule has 2 aromatic heterocycles.